The molecule has 0 aliphatic rings. The Morgan fingerprint density at radius 3 is 1.86 bits per heavy atom. The van der Waals surface area contributed by atoms with Gasteiger partial charge in [0.1, 0.15) is 5.75 Å². The van der Waals surface area contributed by atoms with E-state index in [0.717, 1.165) is 17.7 Å². The van der Waals surface area contributed by atoms with Crippen molar-refractivity contribution in [1.82, 2.24) is 5.32 Å². The number of hydrogen-bond donors (Lipinski definition) is 1. The fourth-order valence-electron chi connectivity index (χ4n) is 4.19. The van der Waals surface area contributed by atoms with E-state index in [1.807, 2.05) is 32.9 Å². The maximum Gasteiger partial charge on any atom is 0.573 e. The van der Waals surface area contributed by atoms with Gasteiger partial charge in [0.05, 0.1) is 19.4 Å². The summed E-state index contributed by atoms with van der Waals surface area (Å²) in [4.78, 5) is 50.6. The van der Waals surface area contributed by atoms with Gasteiger partial charge in [-0.2, -0.15) is 0 Å². The third kappa shape index (κ3) is 9.02. The first-order valence-electron chi connectivity index (χ1n) is 13.2. The van der Waals surface area contributed by atoms with Gasteiger partial charge in [-0.15, -0.1) is 13.2 Å². The van der Waals surface area contributed by atoms with Crippen LogP contribution < -0.4 is 10.1 Å². The first-order chi connectivity index (χ1) is 19.7. The van der Waals surface area contributed by atoms with Crippen LogP contribution in [0.3, 0.4) is 0 Å². The fourth-order valence-corrected chi connectivity index (χ4v) is 4.19. The van der Waals surface area contributed by atoms with Crippen LogP contribution in [0.4, 0.5) is 13.2 Å². The molecule has 7 nitrogen and oxygen atoms in total. The van der Waals surface area contributed by atoms with Crippen molar-refractivity contribution in [2.75, 3.05) is 13.7 Å². The summed E-state index contributed by atoms with van der Waals surface area (Å²) in [5, 5.41) is 2.58. The van der Waals surface area contributed by atoms with Crippen LogP contribution in [0.2, 0.25) is 0 Å². The molecule has 10 heteroatoms. The summed E-state index contributed by atoms with van der Waals surface area (Å²) < 4.78 is 46.4. The molecule has 1 N–H and O–H groups in total. The van der Waals surface area contributed by atoms with Crippen LogP contribution in [0, 0.1) is 0 Å². The minimum absolute atomic E-state index is 0.000249. The van der Waals surface area contributed by atoms with E-state index in [2.05, 4.69) is 14.8 Å². The SMILES string of the molecule is COC(=O)CCNC(=O)c1ccc(C(=O)C(CC(=O)c2ccc(C(C)(C)C)cc2)c2ccc(OC(F)(F)F)cc2)cc1. The van der Waals surface area contributed by atoms with Crippen molar-refractivity contribution in [3.8, 4) is 5.75 Å². The zero-order valence-corrected chi connectivity index (χ0v) is 23.7. The normalized spacial score (nSPS) is 12.3. The quantitative estimate of drug-likeness (QED) is 0.207. The van der Waals surface area contributed by atoms with E-state index in [9.17, 15) is 32.3 Å². The summed E-state index contributed by atoms with van der Waals surface area (Å²) in [5.41, 5.74) is 2.09. The first-order valence-corrected chi connectivity index (χ1v) is 13.2. The van der Waals surface area contributed by atoms with E-state index < -0.39 is 35.7 Å². The number of carbonyl (C=O) groups is 4. The minimum Gasteiger partial charge on any atom is -0.469 e. The van der Waals surface area contributed by atoms with Gasteiger partial charge in [-0.25, -0.2) is 0 Å². The smallest absolute Gasteiger partial charge is 0.469 e. The van der Waals surface area contributed by atoms with Crippen LogP contribution in [0.5, 0.6) is 5.75 Å². The highest BCUT2D eigenvalue weighted by Gasteiger charge is 2.31. The van der Waals surface area contributed by atoms with Gasteiger partial charge in [-0.3, -0.25) is 19.2 Å². The standard InChI is InChI=1S/C32H32F3NO6/c1-31(2,3)24-13-9-21(10-14-24)27(37)19-26(20-11-15-25(16-12-20)42-32(33,34)35)29(39)22-5-7-23(8-6-22)30(40)36-18-17-28(38)41-4/h5-16,26H,17-19H2,1-4H3,(H,36,40). The van der Waals surface area contributed by atoms with Gasteiger partial charge in [0.2, 0.25) is 0 Å². The predicted molar refractivity (Wildman–Crippen MR) is 150 cm³/mol. The highest BCUT2D eigenvalue weighted by atomic mass is 19.4. The molecule has 0 spiro atoms. The first kappa shape index (κ1) is 32.0. The molecular formula is C32H32F3NO6. The highest BCUT2D eigenvalue weighted by molar-refractivity contribution is 6.06. The Kier molecular flexibility index (Phi) is 10.3. The molecule has 3 aromatic rings. The maximum absolute atomic E-state index is 13.7. The summed E-state index contributed by atoms with van der Waals surface area (Å²) in [7, 11) is 1.24. The molecule has 0 saturated heterocycles. The molecule has 0 radical (unpaired) electrons. The third-order valence-corrected chi connectivity index (χ3v) is 6.57. The predicted octanol–water partition coefficient (Wildman–Crippen LogP) is 6.42. The van der Waals surface area contributed by atoms with Crippen molar-refractivity contribution in [3.63, 3.8) is 0 Å². The number of benzene rings is 3. The van der Waals surface area contributed by atoms with E-state index in [0.29, 0.717) is 11.1 Å². The average molecular weight is 584 g/mol. The van der Waals surface area contributed by atoms with Gasteiger partial charge in [0.25, 0.3) is 5.91 Å². The van der Waals surface area contributed by atoms with E-state index in [1.54, 1.807) is 12.1 Å². The van der Waals surface area contributed by atoms with Gasteiger partial charge in [-0.1, -0.05) is 69.3 Å². The van der Waals surface area contributed by atoms with Gasteiger partial charge in [0, 0.05) is 29.7 Å². The van der Waals surface area contributed by atoms with Crippen LogP contribution in [-0.2, 0) is 14.9 Å². The molecule has 1 atom stereocenters. The van der Waals surface area contributed by atoms with Gasteiger partial charge >= 0.3 is 12.3 Å². The number of hydrogen-bond acceptors (Lipinski definition) is 6. The largest absolute Gasteiger partial charge is 0.573 e. The van der Waals surface area contributed by atoms with Gasteiger partial charge in [-0.05, 0) is 40.8 Å². The van der Waals surface area contributed by atoms with Crippen LogP contribution in [0.1, 0.15) is 81.7 Å². The number of halogens is 3. The molecule has 0 bridgehead atoms. The summed E-state index contributed by atoms with van der Waals surface area (Å²) >= 11 is 0. The molecule has 222 valence electrons. The molecule has 3 rings (SSSR count). The summed E-state index contributed by atoms with van der Waals surface area (Å²) in [6.45, 7) is 6.20. The molecule has 0 saturated carbocycles. The second kappa shape index (κ2) is 13.5. The number of methoxy groups -OCH3 is 1. The maximum atomic E-state index is 13.7. The Morgan fingerprint density at radius 2 is 1.33 bits per heavy atom. The van der Waals surface area contributed by atoms with Gasteiger partial charge < -0.3 is 14.8 Å². The topological polar surface area (TPSA) is 98.8 Å². The van der Waals surface area contributed by atoms with E-state index in [4.69, 9.17) is 0 Å². The number of amides is 1. The number of carbonyl (C=O) groups excluding carboxylic acids is 4. The average Bonchev–Trinajstić information content (AvgIpc) is 2.94. The number of rotatable bonds is 11. The Hall–Kier alpha value is -4.47. The van der Waals surface area contributed by atoms with Crippen LogP contribution in [0.25, 0.3) is 0 Å². The number of nitrogens with one attached hydrogen (secondary N) is 1. The zero-order valence-electron chi connectivity index (χ0n) is 23.7. The Bertz CT molecular complexity index is 1410. The highest BCUT2D eigenvalue weighted by Crippen LogP contribution is 2.30. The van der Waals surface area contributed by atoms with Gasteiger partial charge in [0.15, 0.2) is 11.6 Å². The molecule has 42 heavy (non-hydrogen) atoms. The van der Waals surface area contributed by atoms with Crippen LogP contribution in [-0.4, -0.2) is 43.5 Å². The molecule has 3 aromatic carbocycles. The third-order valence-electron chi connectivity index (χ3n) is 6.57. The van der Waals surface area contributed by atoms with Crippen molar-refractivity contribution in [1.29, 1.82) is 0 Å². The van der Waals surface area contributed by atoms with Crippen molar-refractivity contribution in [3.05, 3.63) is 101 Å². The van der Waals surface area contributed by atoms with Crippen LogP contribution >= 0.6 is 0 Å². The lowest BCUT2D eigenvalue weighted by molar-refractivity contribution is -0.274. The van der Waals surface area contributed by atoms with E-state index >= 15 is 0 Å². The number of esters is 1. The lowest BCUT2D eigenvalue weighted by Crippen LogP contribution is -2.26. The molecular weight excluding hydrogens is 551 g/mol. The molecule has 0 aliphatic carbocycles. The van der Waals surface area contributed by atoms with Crippen molar-refractivity contribution in [2.24, 2.45) is 0 Å². The van der Waals surface area contributed by atoms with E-state index in [1.165, 1.54) is 43.5 Å². The van der Waals surface area contributed by atoms with Crippen molar-refractivity contribution >= 4 is 23.4 Å². The van der Waals surface area contributed by atoms with Crippen LogP contribution in [0.15, 0.2) is 72.8 Å². The molecule has 0 heterocycles. The number of ketones is 2. The van der Waals surface area contributed by atoms with E-state index in [-0.39, 0.29) is 41.7 Å². The number of alkyl halides is 3. The molecule has 1 amide bonds. The Balaban J connectivity index is 1.85. The lowest BCUT2D eigenvalue weighted by atomic mass is 9.84. The molecule has 0 aliphatic heterocycles. The number of ether oxygens (including phenoxy) is 2. The monoisotopic (exact) mass is 583 g/mol. The Labute approximate surface area is 242 Å². The summed E-state index contributed by atoms with van der Waals surface area (Å²) in [6.07, 6.45) is -5.11. The van der Waals surface area contributed by atoms with Crippen molar-refractivity contribution < 1.29 is 41.8 Å². The second-order valence-corrected chi connectivity index (χ2v) is 10.6. The molecule has 1 unspecified atom stereocenters. The Morgan fingerprint density at radius 1 is 0.786 bits per heavy atom. The summed E-state index contributed by atoms with van der Waals surface area (Å²) in [6, 6.07) is 17.7. The number of Topliss-reactive ketones (excluding diaryl/α,β-unsaturated/α-hetero) is 2. The molecule has 0 fully saturated rings. The summed E-state index contributed by atoms with van der Waals surface area (Å²) in [5.74, 6) is -3.16. The molecule has 0 aromatic heterocycles. The minimum atomic E-state index is -4.88. The lowest BCUT2D eigenvalue weighted by Gasteiger charge is -2.20. The fraction of sp³-hybridized carbons (Fsp3) is 0.312. The second-order valence-electron chi connectivity index (χ2n) is 10.6. The van der Waals surface area contributed by atoms with Crippen molar-refractivity contribution in [2.45, 2.75) is 51.3 Å². The zero-order chi connectivity index (χ0) is 31.1.